The zero-order valence-electron chi connectivity index (χ0n) is 13.8. The minimum Gasteiger partial charge on any atom is -0.494 e. The molecule has 0 fully saturated rings. The SMILES string of the molecule is CCCCCCOc1ccc(/C=C/c2ccc(CCl)cc2)cc1. The smallest absolute Gasteiger partial charge is 0.119 e. The van der Waals surface area contributed by atoms with Crippen molar-refractivity contribution in [3.63, 3.8) is 0 Å². The normalized spacial score (nSPS) is 11.0. The Kier molecular flexibility index (Phi) is 7.75. The van der Waals surface area contributed by atoms with E-state index in [2.05, 4.69) is 55.5 Å². The van der Waals surface area contributed by atoms with E-state index in [0.717, 1.165) is 24.3 Å². The fourth-order valence-corrected chi connectivity index (χ4v) is 2.48. The molecule has 2 rings (SSSR count). The van der Waals surface area contributed by atoms with Gasteiger partial charge in [0.05, 0.1) is 6.61 Å². The van der Waals surface area contributed by atoms with Crippen LogP contribution in [0.3, 0.4) is 0 Å². The number of hydrogen-bond acceptors (Lipinski definition) is 1. The maximum absolute atomic E-state index is 5.80. The summed E-state index contributed by atoms with van der Waals surface area (Å²) in [6.07, 6.45) is 9.15. The lowest BCUT2D eigenvalue weighted by molar-refractivity contribution is 0.305. The van der Waals surface area contributed by atoms with Gasteiger partial charge < -0.3 is 4.74 Å². The van der Waals surface area contributed by atoms with Crippen molar-refractivity contribution >= 4 is 23.8 Å². The number of rotatable bonds is 9. The molecule has 122 valence electrons. The Labute approximate surface area is 145 Å². The van der Waals surface area contributed by atoms with Gasteiger partial charge in [-0.15, -0.1) is 11.6 Å². The van der Waals surface area contributed by atoms with Gasteiger partial charge in [0, 0.05) is 5.88 Å². The van der Waals surface area contributed by atoms with Crippen molar-refractivity contribution in [3.05, 3.63) is 65.2 Å². The Morgan fingerprint density at radius 2 is 1.43 bits per heavy atom. The molecule has 0 aliphatic carbocycles. The molecular formula is C21H25ClO. The van der Waals surface area contributed by atoms with E-state index in [-0.39, 0.29) is 0 Å². The lowest BCUT2D eigenvalue weighted by Gasteiger charge is -2.06. The molecule has 0 spiro atoms. The van der Waals surface area contributed by atoms with Crippen LogP contribution in [0.4, 0.5) is 0 Å². The molecule has 0 saturated carbocycles. The van der Waals surface area contributed by atoms with E-state index in [1.54, 1.807) is 0 Å². The monoisotopic (exact) mass is 328 g/mol. The van der Waals surface area contributed by atoms with Crippen LogP contribution >= 0.6 is 11.6 Å². The van der Waals surface area contributed by atoms with Gasteiger partial charge in [-0.25, -0.2) is 0 Å². The van der Waals surface area contributed by atoms with Gasteiger partial charge in [-0.3, -0.25) is 0 Å². The highest BCUT2D eigenvalue weighted by Gasteiger charge is 1.95. The molecule has 0 aromatic heterocycles. The van der Waals surface area contributed by atoms with Crippen molar-refractivity contribution in [2.45, 2.75) is 38.5 Å². The van der Waals surface area contributed by atoms with Crippen LogP contribution in [0.15, 0.2) is 48.5 Å². The van der Waals surface area contributed by atoms with Crippen molar-refractivity contribution in [1.82, 2.24) is 0 Å². The first-order chi connectivity index (χ1) is 11.3. The molecule has 1 nitrogen and oxygen atoms in total. The van der Waals surface area contributed by atoms with E-state index in [1.165, 1.54) is 30.4 Å². The molecule has 0 N–H and O–H groups in total. The van der Waals surface area contributed by atoms with E-state index < -0.39 is 0 Å². The third-order valence-corrected chi connectivity index (χ3v) is 4.06. The van der Waals surface area contributed by atoms with Crippen LogP contribution in [0, 0.1) is 0 Å². The third-order valence-electron chi connectivity index (χ3n) is 3.75. The van der Waals surface area contributed by atoms with Crippen LogP contribution in [0.25, 0.3) is 12.2 Å². The number of halogens is 1. The topological polar surface area (TPSA) is 9.23 Å². The summed E-state index contributed by atoms with van der Waals surface area (Å²) >= 11 is 5.80. The highest BCUT2D eigenvalue weighted by molar-refractivity contribution is 6.17. The molecule has 0 amide bonds. The van der Waals surface area contributed by atoms with Gasteiger partial charge in [-0.1, -0.05) is 74.7 Å². The summed E-state index contributed by atoms with van der Waals surface area (Å²) in [6.45, 7) is 3.03. The highest BCUT2D eigenvalue weighted by atomic mass is 35.5. The van der Waals surface area contributed by atoms with Crippen LogP contribution in [0.5, 0.6) is 5.75 Å². The Hall–Kier alpha value is -1.73. The first kappa shape index (κ1) is 17.6. The minimum atomic E-state index is 0.559. The van der Waals surface area contributed by atoms with E-state index in [4.69, 9.17) is 16.3 Å². The third kappa shape index (κ3) is 6.50. The van der Waals surface area contributed by atoms with Gasteiger partial charge in [0.25, 0.3) is 0 Å². The summed E-state index contributed by atoms with van der Waals surface area (Å²) in [6, 6.07) is 16.5. The average molecular weight is 329 g/mol. The standard InChI is InChI=1S/C21H25ClO/c1-2-3-4-5-16-23-21-14-12-19(13-15-21)7-6-18-8-10-20(17-22)11-9-18/h6-15H,2-5,16-17H2,1H3/b7-6+. The van der Waals surface area contributed by atoms with E-state index >= 15 is 0 Å². The maximum atomic E-state index is 5.80. The summed E-state index contributed by atoms with van der Waals surface area (Å²) in [7, 11) is 0. The van der Waals surface area contributed by atoms with Crippen molar-refractivity contribution in [1.29, 1.82) is 0 Å². The fourth-order valence-electron chi connectivity index (χ4n) is 2.30. The van der Waals surface area contributed by atoms with Crippen LogP contribution in [-0.4, -0.2) is 6.61 Å². The summed E-state index contributed by atoms with van der Waals surface area (Å²) in [5.74, 6) is 1.51. The molecule has 0 saturated heterocycles. The molecule has 2 aromatic carbocycles. The zero-order chi connectivity index (χ0) is 16.3. The zero-order valence-corrected chi connectivity index (χ0v) is 14.6. The van der Waals surface area contributed by atoms with Gasteiger partial charge in [0.2, 0.25) is 0 Å². The molecule has 0 heterocycles. The molecule has 2 aromatic rings. The van der Waals surface area contributed by atoms with Crippen LogP contribution in [0.1, 0.15) is 49.3 Å². The van der Waals surface area contributed by atoms with Crippen molar-refractivity contribution in [2.24, 2.45) is 0 Å². The van der Waals surface area contributed by atoms with E-state index in [1.807, 2.05) is 12.1 Å². The summed E-state index contributed by atoms with van der Waals surface area (Å²) in [5.41, 5.74) is 3.49. The number of ether oxygens (including phenoxy) is 1. The lowest BCUT2D eigenvalue weighted by atomic mass is 10.1. The lowest BCUT2D eigenvalue weighted by Crippen LogP contribution is -1.96. The summed E-state index contributed by atoms with van der Waals surface area (Å²) < 4.78 is 5.76. The molecule has 0 aliphatic heterocycles. The van der Waals surface area contributed by atoms with Crippen molar-refractivity contribution in [3.8, 4) is 5.75 Å². The predicted molar refractivity (Wildman–Crippen MR) is 101 cm³/mol. The summed E-state index contributed by atoms with van der Waals surface area (Å²) in [4.78, 5) is 0. The van der Waals surface area contributed by atoms with E-state index in [9.17, 15) is 0 Å². The summed E-state index contributed by atoms with van der Waals surface area (Å²) in [5, 5.41) is 0. The second-order valence-corrected chi connectivity index (χ2v) is 5.95. The first-order valence-corrected chi connectivity index (χ1v) is 8.91. The van der Waals surface area contributed by atoms with Crippen LogP contribution in [0.2, 0.25) is 0 Å². The first-order valence-electron chi connectivity index (χ1n) is 8.37. The highest BCUT2D eigenvalue weighted by Crippen LogP contribution is 2.16. The van der Waals surface area contributed by atoms with Gasteiger partial charge >= 0.3 is 0 Å². The Morgan fingerprint density at radius 1 is 0.826 bits per heavy atom. The largest absolute Gasteiger partial charge is 0.494 e. The second-order valence-electron chi connectivity index (χ2n) is 5.69. The Balaban J connectivity index is 1.82. The van der Waals surface area contributed by atoms with Crippen LogP contribution < -0.4 is 4.74 Å². The molecule has 0 aliphatic rings. The molecule has 23 heavy (non-hydrogen) atoms. The molecule has 0 bridgehead atoms. The van der Waals surface area contributed by atoms with E-state index in [0.29, 0.717) is 5.88 Å². The fraction of sp³-hybridized carbons (Fsp3) is 0.333. The number of unbranched alkanes of at least 4 members (excludes halogenated alkanes) is 3. The van der Waals surface area contributed by atoms with Gasteiger partial charge in [-0.05, 0) is 35.2 Å². The Bertz CT molecular complexity index is 584. The molecule has 0 atom stereocenters. The quantitative estimate of drug-likeness (QED) is 0.288. The van der Waals surface area contributed by atoms with Gasteiger partial charge in [0.1, 0.15) is 5.75 Å². The molecule has 0 unspecified atom stereocenters. The average Bonchev–Trinajstić information content (AvgIpc) is 2.61. The van der Waals surface area contributed by atoms with Crippen LogP contribution in [-0.2, 0) is 5.88 Å². The van der Waals surface area contributed by atoms with Gasteiger partial charge in [0.15, 0.2) is 0 Å². The van der Waals surface area contributed by atoms with Crippen molar-refractivity contribution in [2.75, 3.05) is 6.61 Å². The second kappa shape index (κ2) is 10.1. The number of alkyl halides is 1. The van der Waals surface area contributed by atoms with Crippen molar-refractivity contribution < 1.29 is 4.74 Å². The molecule has 2 heteroatoms. The van der Waals surface area contributed by atoms with Gasteiger partial charge in [-0.2, -0.15) is 0 Å². The minimum absolute atomic E-state index is 0.559. The number of benzene rings is 2. The maximum Gasteiger partial charge on any atom is 0.119 e. The molecule has 0 radical (unpaired) electrons. The Morgan fingerprint density at radius 3 is 2.00 bits per heavy atom. The molecular weight excluding hydrogens is 304 g/mol. The predicted octanol–water partition coefficient (Wildman–Crippen LogP) is 6.55. The number of hydrogen-bond donors (Lipinski definition) is 0.